The molecule has 2 fully saturated rings. The van der Waals surface area contributed by atoms with E-state index in [1.807, 2.05) is 0 Å². The van der Waals surface area contributed by atoms with Crippen LogP contribution in [0.2, 0.25) is 0 Å². The molecule has 2 nitrogen and oxygen atoms in total. The smallest absolute Gasteiger partial charge is 0.137 e. The molecule has 21 heavy (non-hydrogen) atoms. The summed E-state index contributed by atoms with van der Waals surface area (Å²) in [6.45, 7) is 1.37. The highest BCUT2D eigenvalue weighted by Crippen LogP contribution is 2.33. The first-order valence-electron chi connectivity index (χ1n) is 7.86. The second-order valence-corrected chi connectivity index (χ2v) is 6.23. The molecule has 2 atom stereocenters. The van der Waals surface area contributed by atoms with Crippen LogP contribution in [0.5, 0.6) is 0 Å². The minimum absolute atomic E-state index is 0.116. The standard InChI is InChI=1S/C17H21F2NO/c18-13-8-7-12(15(19)10-13)11-20-9-3-5-16(20)14-4-1-2-6-17(14)21/h7-8,10,14,16H,1-6,9,11H2. The molecule has 0 bridgehead atoms. The zero-order valence-electron chi connectivity index (χ0n) is 12.2. The van der Waals surface area contributed by atoms with E-state index in [1.54, 1.807) is 0 Å². The van der Waals surface area contributed by atoms with E-state index in [1.165, 1.54) is 12.1 Å². The van der Waals surface area contributed by atoms with Crippen molar-refractivity contribution in [2.45, 2.75) is 51.1 Å². The van der Waals surface area contributed by atoms with Crippen molar-refractivity contribution in [3.05, 3.63) is 35.4 Å². The number of halogens is 2. The number of likely N-dealkylation sites (tertiary alicyclic amines) is 1. The van der Waals surface area contributed by atoms with Gasteiger partial charge in [-0.05, 0) is 38.3 Å². The lowest BCUT2D eigenvalue weighted by atomic mass is 9.81. The van der Waals surface area contributed by atoms with E-state index in [0.717, 1.165) is 44.7 Å². The number of hydrogen-bond donors (Lipinski definition) is 0. The minimum Gasteiger partial charge on any atom is -0.299 e. The predicted molar refractivity (Wildman–Crippen MR) is 76.8 cm³/mol. The van der Waals surface area contributed by atoms with Crippen LogP contribution >= 0.6 is 0 Å². The van der Waals surface area contributed by atoms with E-state index in [4.69, 9.17) is 0 Å². The van der Waals surface area contributed by atoms with E-state index >= 15 is 0 Å². The lowest BCUT2D eigenvalue weighted by molar-refractivity contribution is -0.126. The zero-order valence-corrected chi connectivity index (χ0v) is 12.2. The van der Waals surface area contributed by atoms with Gasteiger partial charge in [-0.3, -0.25) is 9.69 Å². The Balaban J connectivity index is 1.73. The van der Waals surface area contributed by atoms with Gasteiger partial charge in [-0.2, -0.15) is 0 Å². The predicted octanol–water partition coefficient (Wildman–Crippen LogP) is 3.69. The van der Waals surface area contributed by atoms with Crippen molar-refractivity contribution < 1.29 is 13.6 Å². The average molecular weight is 293 g/mol. The summed E-state index contributed by atoms with van der Waals surface area (Å²) in [5.41, 5.74) is 0.520. The van der Waals surface area contributed by atoms with Crippen molar-refractivity contribution in [2.75, 3.05) is 6.54 Å². The maximum Gasteiger partial charge on any atom is 0.137 e. The third-order valence-electron chi connectivity index (χ3n) is 4.87. The van der Waals surface area contributed by atoms with Gasteiger partial charge >= 0.3 is 0 Å². The number of ketones is 1. The summed E-state index contributed by atoms with van der Waals surface area (Å²) in [6.07, 6.45) is 5.85. The second kappa shape index (κ2) is 6.22. The molecule has 0 aromatic heterocycles. The Morgan fingerprint density at radius 1 is 1.14 bits per heavy atom. The number of nitrogens with zero attached hydrogens (tertiary/aromatic N) is 1. The van der Waals surface area contributed by atoms with Crippen LogP contribution in [0.25, 0.3) is 0 Å². The molecule has 0 amide bonds. The first-order chi connectivity index (χ1) is 10.1. The number of carbonyl (C=O) groups is 1. The number of carbonyl (C=O) groups excluding carboxylic acids is 1. The molecule has 2 aliphatic rings. The molecule has 4 heteroatoms. The van der Waals surface area contributed by atoms with Gasteiger partial charge in [-0.1, -0.05) is 12.5 Å². The Bertz CT molecular complexity index is 532. The summed E-state index contributed by atoms with van der Waals surface area (Å²) >= 11 is 0. The molecule has 1 aliphatic carbocycles. The molecule has 114 valence electrons. The Hall–Kier alpha value is -1.29. The minimum atomic E-state index is -0.545. The van der Waals surface area contributed by atoms with Crippen LogP contribution in [-0.2, 0) is 11.3 Å². The summed E-state index contributed by atoms with van der Waals surface area (Å²) in [6, 6.07) is 3.99. The van der Waals surface area contributed by atoms with Crippen LogP contribution in [0.4, 0.5) is 8.78 Å². The number of hydrogen-bond acceptors (Lipinski definition) is 2. The van der Waals surface area contributed by atoms with E-state index in [0.29, 0.717) is 24.3 Å². The molecule has 0 N–H and O–H groups in total. The van der Waals surface area contributed by atoms with E-state index in [9.17, 15) is 13.6 Å². The van der Waals surface area contributed by atoms with Crippen molar-refractivity contribution in [1.29, 1.82) is 0 Å². The van der Waals surface area contributed by atoms with Gasteiger partial charge < -0.3 is 0 Å². The molecule has 2 unspecified atom stereocenters. The zero-order chi connectivity index (χ0) is 14.8. The molecule has 0 spiro atoms. The summed E-state index contributed by atoms with van der Waals surface area (Å²) < 4.78 is 26.8. The lowest BCUT2D eigenvalue weighted by Crippen LogP contribution is -2.40. The molecule has 1 aromatic rings. The highest BCUT2D eigenvalue weighted by Gasteiger charge is 2.36. The topological polar surface area (TPSA) is 20.3 Å². The molecule has 1 heterocycles. The fourth-order valence-electron chi connectivity index (χ4n) is 3.79. The summed E-state index contributed by atoms with van der Waals surface area (Å²) in [7, 11) is 0. The Morgan fingerprint density at radius 2 is 2.00 bits per heavy atom. The molecule has 1 saturated carbocycles. The number of benzene rings is 1. The summed E-state index contributed by atoms with van der Waals surface area (Å²) in [5, 5.41) is 0. The van der Waals surface area contributed by atoms with Crippen LogP contribution in [0, 0.1) is 17.6 Å². The average Bonchev–Trinajstić information content (AvgIpc) is 2.90. The van der Waals surface area contributed by atoms with Crippen LogP contribution in [-0.4, -0.2) is 23.3 Å². The van der Waals surface area contributed by atoms with E-state index in [-0.39, 0.29) is 12.0 Å². The SMILES string of the molecule is O=C1CCCCC1C1CCCN1Cc1ccc(F)cc1F. The van der Waals surface area contributed by atoms with Crippen molar-refractivity contribution in [2.24, 2.45) is 5.92 Å². The van der Waals surface area contributed by atoms with Crippen molar-refractivity contribution >= 4 is 5.78 Å². The van der Waals surface area contributed by atoms with Gasteiger partial charge in [-0.25, -0.2) is 8.78 Å². The Kier molecular flexibility index (Phi) is 4.34. The Morgan fingerprint density at radius 3 is 2.76 bits per heavy atom. The van der Waals surface area contributed by atoms with Gasteiger partial charge in [0.1, 0.15) is 17.4 Å². The van der Waals surface area contributed by atoms with Crippen LogP contribution in [0.1, 0.15) is 44.1 Å². The fraction of sp³-hybridized carbons (Fsp3) is 0.588. The largest absolute Gasteiger partial charge is 0.299 e. The highest BCUT2D eigenvalue weighted by atomic mass is 19.1. The van der Waals surface area contributed by atoms with Gasteiger partial charge in [0.15, 0.2) is 0 Å². The van der Waals surface area contributed by atoms with Gasteiger partial charge in [-0.15, -0.1) is 0 Å². The Labute approximate surface area is 124 Å². The molecular formula is C17H21F2NO. The first kappa shape index (κ1) is 14.6. The normalized spacial score (nSPS) is 27.2. The molecule has 0 radical (unpaired) electrons. The monoisotopic (exact) mass is 293 g/mol. The maximum atomic E-state index is 13.8. The number of rotatable bonds is 3. The molecule has 3 rings (SSSR count). The maximum absolute atomic E-state index is 13.8. The third-order valence-corrected chi connectivity index (χ3v) is 4.87. The fourth-order valence-corrected chi connectivity index (χ4v) is 3.79. The molecule has 1 aromatic carbocycles. The lowest BCUT2D eigenvalue weighted by Gasteiger charge is -2.33. The van der Waals surface area contributed by atoms with Crippen LogP contribution in [0.3, 0.4) is 0 Å². The molecule has 1 saturated heterocycles. The number of Topliss-reactive ketones (excluding diaryl/α,β-unsaturated/α-hetero) is 1. The van der Waals surface area contributed by atoms with E-state index in [2.05, 4.69) is 4.90 Å². The molecule has 1 aliphatic heterocycles. The van der Waals surface area contributed by atoms with Gasteiger partial charge in [0.25, 0.3) is 0 Å². The highest BCUT2D eigenvalue weighted by molar-refractivity contribution is 5.82. The van der Waals surface area contributed by atoms with Crippen LogP contribution < -0.4 is 0 Å². The van der Waals surface area contributed by atoms with Gasteiger partial charge in [0, 0.05) is 36.6 Å². The van der Waals surface area contributed by atoms with Gasteiger partial charge in [0.05, 0.1) is 0 Å². The van der Waals surface area contributed by atoms with E-state index < -0.39 is 11.6 Å². The van der Waals surface area contributed by atoms with Crippen molar-refractivity contribution in [1.82, 2.24) is 4.90 Å². The summed E-state index contributed by atoms with van der Waals surface area (Å²) in [4.78, 5) is 14.4. The summed E-state index contributed by atoms with van der Waals surface area (Å²) in [5.74, 6) is -0.546. The third kappa shape index (κ3) is 3.15. The second-order valence-electron chi connectivity index (χ2n) is 6.23. The van der Waals surface area contributed by atoms with Crippen molar-refractivity contribution in [3.63, 3.8) is 0 Å². The quantitative estimate of drug-likeness (QED) is 0.847. The van der Waals surface area contributed by atoms with Gasteiger partial charge in [0.2, 0.25) is 0 Å². The molecular weight excluding hydrogens is 272 g/mol. The first-order valence-corrected chi connectivity index (χ1v) is 7.86. The van der Waals surface area contributed by atoms with Crippen LogP contribution in [0.15, 0.2) is 18.2 Å². The van der Waals surface area contributed by atoms with Crippen molar-refractivity contribution in [3.8, 4) is 0 Å².